The highest BCUT2D eigenvalue weighted by molar-refractivity contribution is 5.81. The molecule has 2 N–H and O–H groups in total. The number of esters is 1. The second kappa shape index (κ2) is 6.44. The summed E-state index contributed by atoms with van der Waals surface area (Å²) in [6.07, 6.45) is -1.45. The Bertz CT molecular complexity index is 272. The van der Waals surface area contributed by atoms with Crippen LogP contribution in [0.25, 0.3) is 0 Å². The fourth-order valence-electron chi connectivity index (χ4n) is 1.11. The third kappa shape index (κ3) is 6.11. The van der Waals surface area contributed by atoms with Gasteiger partial charge in [0.25, 0.3) is 0 Å². The van der Waals surface area contributed by atoms with Crippen LogP contribution >= 0.6 is 0 Å². The average Bonchev–Trinajstić information content (AvgIpc) is 2.21. The van der Waals surface area contributed by atoms with Crippen molar-refractivity contribution in [2.24, 2.45) is 0 Å². The van der Waals surface area contributed by atoms with Gasteiger partial charge in [-0.05, 0) is 27.2 Å². The minimum Gasteiger partial charge on any atom is -0.467 e. The number of ether oxygens (including phenoxy) is 2. The van der Waals surface area contributed by atoms with Crippen LogP contribution in [0.2, 0.25) is 0 Å². The first-order valence-corrected chi connectivity index (χ1v) is 5.46. The summed E-state index contributed by atoms with van der Waals surface area (Å²) >= 11 is 0. The molecule has 100 valence electrons. The summed E-state index contributed by atoms with van der Waals surface area (Å²) in [4.78, 5) is 22.8. The molecule has 0 aliphatic carbocycles. The molecule has 0 fully saturated rings. The third-order valence-electron chi connectivity index (χ3n) is 1.93. The van der Waals surface area contributed by atoms with Crippen molar-refractivity contribution in [3.05, 3.63) is 0 Å². The molecule has 0 heterocycles. The maximum atomic E-state index is 11.5. The number of hydrogen-bond acceptors (Lipinski definition) is 5. The van der Waals surface area contributed by atoms with Crippen molar-refractivity contribution < 1.29 is 24.2 Å². The Morgan fingerprint density at radius 1 is 1.35 bits per heavy atom. The molecule has 0 aromatic rings. The monoisotopic (exact) mass is 247 g/mol. The van der Waals surface area contributed by atoms with Gasteiger partial charge in [-0.2, -0.15) is 0 Å². The Morgan fingerprint density at radius 3 is 2.24 bits per heavy atom. The maximum absolute atomic E-state index is 11.5. The maximum Gasteiger partial charge on any atom is 0.408 e. The van der Waals surface area contributed by atoms with Gasteiger partial charge in [-0.3, -0.25) is 0 Å². The summed E-state index contributed by atoms with van der Waals surface area (Å²) in [5.41, 5.74) is -0.665. The summed E-state index contributed by atoms with van der Waals surface area (Å²) in [5.74, 6) is -0.704. The molecule has 17 heavy (non-hydrogen) atoms. The van der Waals surface area contributed by atoms with Crippen molar-refractivity contribution in [2.45, 2.75) is 51.9 Å². The molecule has 0 saturated heterocycles. The number of carbonyl (C=O) groups is 2. The van der Waals surface area contributed by atoms with Crippen molar-refractivity contribution in [1.82, 2.24) is 5.32 Å². The first-order chi connectivity index (χ1) is 7.71. The molecule has 0 spiro atoms. The fourth-order valence-corrected chi connectivity index (χ4v) is 1.11. The molecule has 0 saturated carbocycles. The van der Waals surface area contributed by atoms with Gasteiger partial charge in [-0.25, -0.2) is 9.59 Å². The molecule has 6 nitrogen and oxygen atoms in total. The van der Waals surface area contributed by atoms with Gasteiger partial charge in [0.05, 0.1) is 13.2 Å². The smallest absolute Gasteiger partial charge is 0.408 e. The van der Waals surface area contributed by atoms with Gasteiger partial charge >= 0.3 is 12.1 Å². The Morgan fingerprint density at radius 2 is 1.88 bits per heavy atom. The van der Waals surface area contributed by atoms with Gasteiger partial charge in [0.2, 0.25) is 0 Å². The number of amides is 1. The van der Waals surface area contributed by atoms with E-state index in [0.29, 0.717) is 6.42 Å². The second-order valence-corrected chi connectivity index (χ2v) is 4.62. The first-order valence-electron chi connectivity index (χ1n) is 5.46. The van der Waals surface area contributed by atoms with E-state index in [1.165, 1.54) is 7.11 Å². The molecule has 0 bridgehead atoms. The van der Waals surface area contributed by atoms with E-state index in [0.717, 1.165) is 0 Å². The van der Waals surface area contributed by atoms with Gasteiger partial charge in [-0.1, -0.05) is 6.92 Å². The van der Waals surface area contributed by atoms with Crippen LogP contribution in [0.3, 0.4) is 0 Å². The molecule has 0 aromatic carbocycles. The molecule has 0 unspecified atom stereocenters. The lowest BCUT2D eigenvalue weighted by molar-refractivity contribution is -0.146. The Hall–Kier alpha value is -1.30. The predicted octanol–water partition coefficient (Wildman–Crippen LogP) is 0.824. The van der Waals surface area contributed by atoms with E-state index in [4.69, 9.17) is 4.74 Å². The molecule has 0 rings (SSSR count). The molecule has 1 amide bonds. The predicted molar refractivity (Wildman–Crippen MR) is 61.5 cm³/mol. The van der Waals surface area contributed by atoms with Crippen LogP contribution in [0.5, 0.6) is 0 Å². The van der Waals surface area contributed by atoms with E-state index in [9.17, 15) is 14.7 Å². The quantitative estimate of drug-likeness (QED) is 0.718. The summed E-state index contributed by atoms with van der Waals surface area (Å²) in [5, 5.41) is 11.9. The van der Waals surface area contributed by atoms with Gasteiger partial charge in [0.1, 0.15) is 5.60 Å². The van der Waals surface area contributed by atoms with E-state index in [2.05, 4.69) is 10.1 Å². The topological polar surface area (TPSA) is 84.9 Å². The van der Waals surface area contributed by atoms with E-state index < -0.39 is 29.8 Å². The van der Waals surface area contributed by atoms with Gasteiger partial charge in [0.15, 0.2) is 6.04 Å². The van der Waals surface area contributed by atoms with Gasteiger partial charge in [0, 0.05) is 0 Å². The van der Waals surface area contributed by atoms with Crippen LogP contribution in [0.4, 0.5) is 4.79 Å². The molecule has 0 radical (unpaired) electrons. The molecule has 6 heteroatoms. The minimum absolute atomic E-state index is 0.315. The highest BCUT2D eigenvalue weighted by Crippen LogP contribution is 2.08. The highest BCUT2D eigenvalue weighted by atomic mass is 16.6. The number of methoxy groups -OCH3 is 1. The fraction of sp³-hybridized carbons (Fsp3) is 0.818. The zero-order chi connectivity index (χ0) is 13.6. The summed E-state index contributed by atoms with van der Waals surface area (Å²) in [6.45, 7) is 6.80. The average molecular weight is 247 g/mol. The van der Waals surface area contributed by atoms with Crippen molar-refractivity contribution in [3.63, 3.8) is 0 Å². The lowest BCUT2D eigenvalue weighted by Crippen LogP contribution is -2.50. The second-order valence-electron chi connectivity index (χ2n) is 4.62. The molecular formula is C11H21NO5. The number of aliphatic hydroxyl groups is 1. The third-order valence-corrected chi connectivity index (χ3v) is 1.93. The van der Waals surface area contributed by atoms with Crippen LogP contribution in [-0.4, -0.2) is 42.0 Å². The van der Waals surface area contributed by atoms with E-state index in [-0.39, 0.29) is 0 Å². The number of alkyl carbamates (subject to hydrolysis) is 1. The molecule has 0 aliphatic heterocycles. The van der Waals surface area contributed by atoms with Crippen LogP contribution < -0.4 is 5.32 Å². The lowest BCUT2D eigenvalue weighted by atomic mass is 10.1. The van der Waals surface area contributed by atoms with E-state index >= 15 is 0 Å². The summed E-state index contributed by atoms with van der Waals surface area (Å²) in [7, 11) is 1.19. The van der Waals surface area contributed by atoms with Crippen LogP contribution in [-0.2, 0) is 14.3 Å². The first kappa shape index (κ1) is 15.7. The molecule has 2 atom stereocenters. The SMILES string of the molecule is CC[C@@H](O)[C@H](NC(=O)OC(C)(C)C)C(=O)OC. The normalized spacial score (nSPS) is 14.7. The molecule has 0 aliphatic rings. The van der Waals surface area contributed by atoms with Crippen molar-refractivity contribution >= 4 is 12.1 Å². The number of aliphatic hydroxyl groups excluding tert-OH is 1. The Balaban J connectivity index is 4.54. The Labute approximate surface area is 101 Å². The minimum atomic E-state index is -1.11. The largest absolute Gasteiger partial charge is 0.467 e. The van der Waals surface area contributed by atoms with Crippen LogP contribution in [0.15, 0.2) is 0 Å². The van der Waals surface area contributed by atoms with Crippen LogP contribution in [0.1, 0.15) is 34.1 Å². The van der Waals surface area contributed by atoms with E-state index in [1.807, 2.05) is 0 Å². The van der Waals surface area contributed by atoms with Crippen molar-refractivity contribution in [3.8, 4) is 0 Å². The Kier molecular flexibility index (Phi) is 5.95. The highest BCUT2D eigenvalue weighted by Gasteiger charge is 2.30. The van der Waals surface area contributed by atoms with Gasteiger partial charge in [-0.15, -0.1) is 0 Å². The summed E-state index contributed by atoms with van der Waals surface area (Å²) < 4.78 is 9.49. The number of carbonyl (C=O) groups excluding carboxylic acids is 2. The zero-order valence-corrected chi connectivity index (χ0v) is 10.9. The molecule has 0 aromatic heterocycles. The number of hydrogen-bond donors (Lipinski definition) is 2. The van der Waals surface area contributed by atoms with Crippen molar-refractivity contribution in [2.75, 3.05) is 7.11 Å². The summed E-state index contributed by atoms with van der Waals surface area (Å²) in [6, 6.07) is -1.11. The van der Waals surface area contributed by atoms with Gasteiger partial charge < -0.3 is 19.9 Å². The van der Waals surface area contributed by atoms with Crippen molar-refractivity contribution in [1.29, 1.82) is 0 Å². The van der Waals surface area contributed by atoms with E-state index in [1.54, 1.807) is 27.7 Å². The number of nitrogens with one attached hydrogen (secondary N) is 1. The lowest BCUT2D eigenvalue weighted by Gasteiger charge is -2.24. The molecular weight excluding hydrogens is 226 g/mol. The zero-order valence-electron chi connectivity index (χ0n) is 10.9. The van der Waals surface area contributed by atoms with Crippen LogP contribution in [0, 0.1) is 0 Å². The number of rotatable bonds is 4. The standard InChI is InChI=1S/C11H21NO5/c1-6-7(13)8(9(14)16-5)12-10(15)17-11(2,3)4/h7-8,13H,6H2,1-5H3,(H,12,15)/t7-,8+/m1/s1.